The number of nitrogens with one attached hydrogen (secondary N) is 5. The molecule has 0 spiro atoms. The molecule has 0 saturated carbocycles. The number of rotatable bonds is 0. The number of fused-ring (bicyclic) bond motifs is 7. The average molecular weight is 731 g/mol. The van der Waals surface area contributed by atoms with E-state index in [1.54, 1.807) is 24.3 Å². The molecule has 5 heterocycles. The summed E-state index contributed by atoms with van der Waals surface area (Å²) in [5, 5.41) is 19.6. The Balaban J connectivity index is 0.000000335. The van der Waals surface area contributed by atoms with Crippen LogP contribution in [0.4, 0.5) is 5.69 Å². The summed E-state index contributed by atoms with van der Waals surface area (Å²) >= 11 is 9.13. The van der Waals surface area contributed by atoms with Crippen LogP contribution in [0, 0.1) is 11.7 Å². The minimum absolute atomic E-state index is 0. The number of thiocarbonyl (C=S) groups is 1. The van der Waals surface area contributed by atoms with Crippen molar-refractivity contribution in [1.82, 2.24) is 45.8 Å². The van der Waals surface area contributed by atoms with Crippen LogP contribution in [0.2, 0.25) is 0 Å². The number of aromatic nitrogens is 8. The lowest BCUT2D eigenvalue weighted by molar-refractivity contribution is -0.112. The number of benzene rings is 3. The molecule has 8 rings (SSSR count). The van der Waals surface area contributed by atoms with Crippen LogP contribution in [0.15, 0.2) is 72.8 Å². The summed E-state index contributed by atoms with van der Waals surface area (Å²) in [7, 11) is 0. The van der Waals surface area contributed by atoms with Gasteiger partial charge in [-0.05, 0) is 55.6 Å². The molecule has 16 heteroatoms. The number of aryl methyl sites for hydroxylation is 1. The normalized spacial score (nSPS) is 10.3. The highest BCUT2D eigenvalue weighted by molar-refractivity contribution is 7.80. The molecule has 14 nitrogen and oxygen atoms in total. The fraction of sp³-hybridized carbons (Fsp3) is 0.229. The largest absolute Gasteiger partial charge is 0.375 e. The molecule has 1 aliphatic heterocycles. The molecular weight excluding hydrogens is 685 g/mol. The molecule has 7 aromatic rings. The average Bonchev–Trinajstić information content (AvgIpc) is 3.81. The lowest BCUT2D eigenvalue weighted by Gasteiger charge is -1.91. The molecule has 270 valence electrons. The van der Waals surface area contributed by atoms with Crippen LogP contribution in [-0.2, 0) is 4.79 Å². The zero-order valence-corrected chi connectivity index (χ0v) is 30.6. The van der Waals surface area contributed by atoms with E-state index in [4.69, 9.17) is 18.0 Å². The maximum Gasteiger partial charge on any atom is 0.296 e. The molecule has 1 amide bonds. The predicted molar refractivity (Wildman–Crippen MR) is 215 cm³/mol. The van der Waals surface area contributed by atoms with E-state index >= 15 is 0 Å². The molecule has 1 aliphatic rings. The van der Waals surface area contributed by atoms with Gasteiger partial charge in [0.2, 0.25) is 4.77 Å². The second kappa shape index (κ2) is 22.1. The molecule has 0 bridgehead atoms. The molecule has 0 saturated heterocycles. The zero-order valence-electron chi connectivity index (χ0n) is 29.0. The number of amides is 1. The summed E-state index contributed by atoms with van der Waals surface area (Å²) in [5.74, 6) is 4.36. The number of nitrogens with two attached hydrogens (primary N) is 2. The lowest BCUT2D eigenvalue weighted by atomic mass is 10.1. The van der Waals surface area contributed by atoms with Crippen molar-refractivity contribution in [2.24, 2.45) is 11.6 Å². The van der Waals surface area contributed by atoms with Crippen molar-refractivity contribution in [3.8, 4) is 0 Å². The maximum absolute atomic E-state index is 11.0. The number of aromatic amines is 3. The highest BCUT2D eigenvalue weighted by atomic mass is 32.1. The van der Waals surface area contributed by atoms with E-state index in [9.17, 15) is 9.59 Å². The van der Waals surface area contributed by atoms with E-state index in [1.807, 2.05) is 102 Å². The van der Waals surface area contributed by atoms with E-state index < -0.39 is 11.7 Å². The van der Waals surface area contributed by atoms with Gasteiger partial charge in [0, 0.05) is 21.8 Å². The second-order valence-corrected chi connectivity index (χ2v) is 9.90. The molecule has 0 atom stereocenters. The van der Waals surface area contributed by atoms with Crippen LogP contribution in [0.1, 0.15) is 65.2 Å². The molecular formula is C35H46N12O2S2. The Kier molecular flexibility index (Phi) is 18.8. The highest BCUT2D eigenvalue weighted by Gasteiger charge is 2.26. The summed E-state index contributed by atoms with van der Waals surface area (Å²) in [5.41, 5.74) is 13.2. The first kappa shape index (κ1) is 43.3. The minimum Gasteiger partial charge on any atom is -0.375 e. The summed E-state index contributed by atoms with van der Waals surface area (Å²) in [6.07, 6.45) is 0. The van der Waals surface area contributed by atoms with Crippen molar-refractivity contribution < 1.29 is 9.59 Å². The Morgan fingerprint density at radius 1 is 0.745 bits per heavy atom. The van der Waals surface area contributed by atoms with Crippen molar-refractivity contribution in [3.05, 3.63) is 89.0 Å². The van der Waals surface area contributed by atoms with E-state index in [0.29, 0.717) is 21.8 Å². The fourth-order valence-electron chi connectivity index (χ4n) is 4.23. The zero-order chi connectivity index (χ0) is 37.2. The Labute approximate surface area is 307 Å². The van der Waals surface area contributed by atoms with E-state index in [2.05, 4.69) is 63.7 Å². The molecule has 0 fully saturated rings. The van der Waals surface area contributed by atoms with Gasteiger partial charge in [0.25, 0.3) is 11.7 Å². The van der Waals surface area contributed by atoms with Gasteiger partial charge in [-0.25, -0.2) is 10.8 Å². The molecule has 0 unspecified atom stereocenters. The molecule has 0 aliphatic carbocycles. The second-order valence-electron chi connectivity index (χ2n) is 9.07. The smallest absolute Gasteiger partial charge is 0.296 e. The SMILES string of the molecule is C.CC.CC.CC.Cc1nnc2c(n1)[nH]c1ccccc12.NNC(N)=S.O=C1Nc2ccccc2C1=O.S=c1nc2[nH]c3ccccc3c2n[nH]1. The lowest BCUT2D eigenvalue weighted by Crippen LogP contribution is -2.34. The highest BCUT2D eigenvalue weighted by Crippen LogP contribution is 2.22. The van der Waals surface area contributed by atoms with Crippen molar-refractivity contribution in [1.29, 1.82) is 0 Å². The third kappa shape index (κ3) is 11.4. The monoisotopic (exact) mass is 730 g/mol. The van der Waals surface area contributed by atoms with Gasteiger partial charge >= 0.3 is 0 Å². The Morgan fingerprint density at radius 2 is 1.24 bits per heavy atom. The summed E-state index contributed by atoms with van der Waals surface area (Å²) < 4.78 is 0.393. The number of ketones is 1. The fourth-order valence-corrected chi connectivity index (χ4v) is 4.37. The number of nitrogens with zero attached hydrogens (tertiary/aromatic N) is 5. The molecule has 51 heavy (non-hydrogen) atoms. The van der Waals surface area contributed by atoms with Gasteiger partial charge in [-0.3, -0.25) is 14.7 Å². The van der Waals surface area contributed by atoms with Crippen LogP contribution < -0.4 is 22.3 Å². The van der Waals surface area contributed by atoms with Gasteiger partial charge in [0.1, 0.15) is 16.9 Å². The van der Waals surface area contributed by atoms with Crippen molar-refractivity contribution in [3.63, 3.8) is 0 Å². The number of Topliss-reactive ketones (excluding diaryl/α,β-unsaturated/α-hetero) is 1. The Bertz CT molecular complexity index is 2230. The topological polar surface area (TPSA) is 222 Å². The number of carbonyl (C=O) groups excluding carboxylic acids is 2. The summed E-state index contributed by atoms with van der Waals surface area (Å²) in [6, 6.07) is 22.8. The van der Waals surface area contributed by atoms with Crippen LogP contribution in [0.25, 0.3) is 44.1 Å². The number of hydrazine groups is 1. The first-order chi connectivity index (χ1) is 24.2. The van der Waals surface area contributed by atoms with Crippen LogP contribution in [-0.4, -0.2) is 57.1 Å². The third-order valence-electron chi connectivity index (χ3n) is 6.13. The maximum atomic E-state index is 11.0. The van der Waals surface area contributed by atoms with Crippen LogP contribution in [0.5, 0.6) is 0 Å². The molecule has 0 radical (unpaired) electrons. The molecule has 9 N–H and O–H groups in total. The van der Waals surface area contributed by atoms with Gasteiger partial charge in [-0.2, -0.15) is 10.1 Å². The Hall–Kier alpha value is -5.71. The minimum atomic E-state index is -0.536. The van der Waals surface area contributed by atoms with E-state index in [0.717, 1.165) is 44.1 Å². The quantitative estimate of drug-likeness (QED) is 0.0356. The third-order valence-corrected chi connectivity index (χ3v) is 6.43. The first-order valence-corrected chi connectivity index (χ1v) is 16.7. The number of carbonyl (C=O) groups is 2. The number of H-pyrrole nitrogens is 3. The standard InChI is InChI=1S/C10H8N4.C9H6N4S.C8H5NO2.3C2H6.CH5N3S.CH4/c1-6-11-10-9(14-13-6)7-4-2-3-5-8(7)12-10;14-9-11-8-7(12-13-9)5-3-1-2-4-6(5)10-8;10-7-5-3-1-2-4-6(5)9-8(7)11;3*1-2;2-1(5)4-3;/h2-5H,1H3,(H,11,12,13);1-4H,(H2,10,11,13,14);1-4H,(H,9,10,11);3*1-2H3;3H2,(H3,2,4,5);1H4. The van der Waals surface area contributed by atoms with Crippen LogP contribution in [0.3, 0.4) is 0 Å². The Morgan fingerprint density at radius 3 is 1.78 bits per heavy atom. The van der Waals surface area contributed by atoms with Crippen molar-refractivity contribution >= 4 is 91.1 Å². The number of para-hydroxylation sites is 3. The van der Waals surface area contributed by atoms with Gasteiger partial charge in [0.15, 0.2) is 16.4 Å². The van der Waals surface area contributed by atoms with Gasteiger partial charge in [-0.15, -0.1) is 10.2 Å². The summed E-state index contributed by atoms with van der Waals surface area (Å²) in [4.78, 5) is 36.6. The van der Waals surface area contributed by atoms with Crippen molar-refractivity contribution in [2.45, 2.75) is 55.9 Å². The van der Waals surface area contributed by atoms with E-state index in [-0.39, 0.29) is 12.5 Å². The first-order valence-electron chi connectivity index (χ1n) is 15.9. The number of hydrogen-bond donors (Lipinski definition) is 7. The summed E-state index contributed by atoms with van der Waals surface area (Å²) in [6.45, 7) is 13.8. The van der Waals surface area contributed by atoms with Gasteiger partial charge in [0.05, 0.1) is 11.3 Å². The van der Waals surface area contributed by atoms with Gasteiger partial charge in [-0.1, -0.05) is 97.5 Å². The van der Waals surface area contributed by atoms with Crippen molar-refractivity contribution in [2.75, 3.05) is 5.32 Å². The number of anilines is 1. The van der Waals surface area contributed by atoms with E-state index in [1.165, 1.54) is 0 Å². The predicted octanol–water partition coefficient (Wildman–Crippen LogP) is 7.21. The molecule has 3 aromatic carbocycles. The van der Waals surface area contributed by atoms with Crippen LogP contribution >= 0.6 is 24.4 Å². The molecule has 4 aromatic heterocycles. The number of hydrogen-bond acceptors (Lipinski definition) is 10. The van der Waals surface area contributed by atoms with Gasteiger partial charge < -0.3 is 26.4 Å².